The van der Waals surface area contributed by atoms with E-state index in [1.807, 2.05) is 37.6 Å². The van der Waals surface area contributed by atoms with Gasteiger partial charge in [-0.2, -0.15) is 9.97 Å². The number of anilines is 2. The second-order valence-electron chi connectivity index (χ2n) is 22.9. The first-order chi connectivity index (χ1) is 39.8. The number of piperazine rings is 1. The fourth-order valence-corrected chi connectivity index (χ4v) is 13.6. The highest BCUT2D eigenvalue weighted by Gasteiger charge is 2.37. The van der Waals surface area contributed by atoms with Gasteiger partial charge in [0.25, 0.3) is 0 Å². The third kappa shape index (κ3) is 12.3. The average molecular weight is 1130 g/mol. The summed E-state index contributed by atoms with van der Waals surface area (Å²) in [4.78, 5) is 55.3. The number of nitrogens with one attached hydrogen (secondary N) is 2. The number of carbonyl (C=O) groups excluding carboxylic acids is 2. The minimum absolute atomic E-state index is 0.0255. The number of amides is 2. The van der Waals surface area contributed by atoms with Crippen molar-refractivity contribution in [2.45, 2.75) is 122 Å². The number of ether oxygens (including phenoxy) is 1. The van der Waals surface area contributed by atoms with Crippen LogP contribution in [0, 0.1) is 42.7 Å². The number of rotatable bonds is 15. The number of phenolic OH excluding ortho intramolecular Hbond substituents is 1. The summed E-state index contributed by atoms with van der Waals surface area (Å²) in [5.74, 6) is 3.69. The van der Waals surface area contributed by atoms with Crippen LogP contribution in [-0.2, 0) is 16.0 Å². The predicted molar refractivity (Wildman–Crippen MR) is 316 cm³/mol. The lowest BCUT2D eigenvalue weighted by molar-refractivity contribution is -0.138. The molecule has 5 aliphatic rings. The first-order valence-corrected chi connectivity index (χ1v) is 30.2. The Balaban J connectivity index is 0.00000230. The van der Waals surface area contributed by atoms with Gasteiger partial charge in [-0.25, -0.2) is 13.8 Å². The number of carbonyl (C=O) groups is 2. The molecule has 4 unspecified atom stereocenters. The van der Waals surface area contributed by atoms with E-state index in [9.17, 15) is 14.7 Å². The molecule has 16 nitrogen and oxygen atoms in total. The number of hydrogen-bond donors (Lipinski definition) is 3. The van der Waals surface area contributed by atoms with Crippen LogP contribution in [0.1, 0.15) is 114 Å². The average Bonchev–Trinajstić information content (AvgIpc) is 4.21. The van der Waals surface area contributed by atoms with Crippen molar-refractivity contribution in [3.05, 3.63) is 101 Å². The van der Waals surface area contributed by atoms with Crippen LogP contribution in [-0.4, -0.2) is 129 Å². The number of hydrogen-bond acceptors (Lipinski definition) is 15. The van der Waals surface area contributed by atoms with Gasteiger partial charge in [0.1, 0.15) is 47.0 Å². The van der Waals surface area contributed by atoms with E-state index >= 15 is 8.78 Å². The molecule has 2 amide bonds. The molecular weight excluding hydrogens is 1060 g/mol. The SMILES string of the molecule is C#Cc1c(F)ccc2cc(O)cc(-c3ncc4c(N5CC6CCC(C5)N6)nc(OCCN5CCC(CC6CCN(c7cc(CC(=O)N8CCCC8C(=O)NC(C)c8ccc(-c9scnc9C)cc8)on7)CC6)CC5)nc4c3F)c12.CCC. The summed E-state index contributed by atoms with van der Waals surface area (Å²) in [5, 5.41) is 23.0. The highest BCUT2D eigenvalue weighted by atomic mass is 32.1. The molecule has 430 valence electrons. The number of aromatic nitrogens is 5. The second-order valence-corrected chi connectivity index (χ2v) is 23.8. The van der Waals surface area contributed by atoms with Gasteiger partial charge in [0.15, 0.2) is 11.6 Å². The molecule has 5 saturated heterocycles. The largest absolute Gasteiger partial charge is 0.508 e. The lowest BCUT2D eigenvalue weighted by Crippen LogP contribution is -2.51. The summed E-state index contributed by atoms with van der Waals surface area (Å²) in [6.07, 6.45) is 17.6. The van der Waals surface area contributed by atoms with Crippen LogP contribution in [0.2, 0.25) is 0 Å². The van der Waals surface area contributed by atoms with Crippen LogP contribution < -0.4 is 25.2 Å². The van der Waals surface area contributed by atoms with Gasteiger partial charge in [-0.15, -0.1) is 17.8 Å². The van der Waals surface area contributed by atoms with Crippen molar-refractivity contribution in [3.63, 3.8) is 0 Å². The van der Waals surface area contributed by atoms with Crippen molar-refractivity contribution in [1.82, 2.24) is 45.5 Å². The summed E-state index contributed by atoms with van der Waals surface area (Å²) in [6.45, 7) is 14.8. The van der Waals surface area contributed by atoms with E-state index in [-0.39, 0.29) is 63.8 Å². The Kier molecular flexibility index (Phi) is 17.3. The summed E-state index contributed by atoms with van der Waals surface area (Å²) >= 11 is 1.61. The molecule has 0 spiro atoms. The number of fused-ring (bicyclic) bond motifs is 4. The minimum atomic E-state index is -0.741. The molecular formula is C63H73F2N11O5S. The Hall–Kier alpha value is -7.27. The van der Waals surface area contributed by atoms with Crippen LogP contribution in [0.3, 0.4) is 0 Å². The van der Waals surface area contributed by atoms with Gasteiger partial charge in [-0.05, 0) is 131 Å². The Labute approximate surface area is 482 Å². The number of nitrogens with zero attached hydrogens (tertiary/aromatic N) is 9. The molecule has 3 aromatic carbocycles. The molecule has 2 bridgehead atoms. The topological polar surface area (TPSA) is 178 Å². The zero-order valence-electron chi connectivity index (χ0n) is 47.3. The van der Waals surface area contributed by atoms with Crippen LogP contribution in [0.15, 0.2) is 70.8 Å². The van der Waals surface area contributed by atoms with Crippen LogP contribution in [0.4, 0.5) is 20.4 Å². The molecule has 19 heteroatoms. The molecule has 5 fully saturated rings. The Morgan fingerprint density at radius 3 is 2.37 bits per heavy atom. The number of likely N-dealkylation sites (tertiary alicyclic amines) is 2. The van der Waals surface area contributed by atoms with Gasteiger partial charge in [0.05, 0.1) is 39.5 Å². The molecule has 4 aromatic heterocycles. The van der Waals surface area contributed by atoms with Gasteiger partial charge in [0.2, 0.25) is 11.8 Å². The third-order valence-corrected chi connectivity index (χ3v) is 18.1. The number of pyridine rings is 1. The maximum Gasteiger partial charge on any atom is 0.319 e. The monoisotopic (exact) mass is 1130 g/mol. The molecule has 9 heterocycles. The maximum atomic E-state index is 17.1. The number of thiazole rings is 1. The van der Waals surface area contributed by atoms with Crippen LogP contribution in [0.25, 0.3) is 43.4 Å². The van der Waals surface area contributed by atoms with Gasteiger partial charge in [-0.3, -0.25) is 19.5 Å². The summed E-state index contributed by atoms with van der Waals surface area (Å²) < 4.78 is 44.1. The summed E-state index contributed by atoms with van der Waals surface area (Å²) in [7, 11) is 0. The summed E-state index contributed by atoms with van der Waals surface area (Å²) in [5.41, 5.74) is 4.98. The Morgan fingerprint density at radius 2 is 1.66 bits per heavy atom. The number of aryl methyl sites for hydroxylation is 1. The van der Waals surface area contributed by atoms with Crippen molar-refractivity contribution in [2.75, 3.05) is 68.8 Å². The van der Waals surface area contributed by atoms with E-state index < -0.39 is 17.7 Å². The smallest absolute Gasteiger partial charge is 0.319 e. The minimum Gasteiger partial charge on any atom is -0.508 e. The van der Waals surface area contributed by atoms with E-state index in [1.165, 1.54) is 37.1 Å². The Bertz CT molecular complexity index is 3450. The van der Waals surface area contributed by atoms with Crippen molar-refractivity contribution < 1.29 is 32.7 Å². The van der Waals surface area contributed by atoms with Crippen molar-refractivity contribution in [3.8, 4) is 45.8 Å². The van der Waals surface area contributed by atoms with E-state index in [0.29, 0.717) is 85.5 Å². The number of halogens is 2. The number of phenols is 1. The lowest BCUT2D eigenvalue weighted by Gasteiger charge is -2.36. The van der Waals surface area contributed by atoms with Crippen molar-refractivity contribution in [2.24, 2.45) is 11.8 Å². The number of terminal acetylenes is 1. The van der Waals surface area contributed by atoms with Gasteiger partial charge in [-0.1, -0.05) is 61.7 Å². The van der Waals surface area contributed by atoms with Crippen molar-refractivity contribution in [1.29, 1.82) is 0 Å². The van der Waals surface area contributed by atoms with Crippen molar-refractivity contribution >= 4 is 56.5 Å². The van der Waals surface area contributed by atoms with Gasteiger partial charge in [0, 0.05) is 74.6 Å². The molecule has 5 aliphatic heterocycles. The standard InChI is InChI=1S/C60H65F2N11O5S.C3H8/c1-4-46-49(61)14-11-41-27-44(74)28-47(53(41)46)55-54(62)56-48(31-63-55)58(72-32-42-12-13-43(33-72)66-42)68-60(67-56)77-25-24-70-20-15-37(16-21-70)26-38-17-22-71(23-18-38)51-29-45(78-69-51)30-52(75)73-19-5-6-50(73)59(76)65-35(2)39-7-9-40(10-8-39)57-36(3)64-34-79-57;1-3-2/h1,7-11,14,27-29,31,34-35,37-38,42-43,50,66,74H,5-6,12-13,15-26,30,32-33H2,2-3H3,(H,65,76);3H2,1-2H3. The molecule has 0 saturated carbocycles. The fourth-order valence-electron chi connectivity index (χ4n) is 12.8. The number of piperidine rings is 2. The van der Waals surface area contributed by atoms with Gasteiger partial charge >= 0.3 is 6.01 Å². The number of aromatic hydroxyl groups is 1. The molecule has 4 atom stereocenters. The zero-order valence-corrected chi connectivity index (χ0v) is 48.1. The zero-order chi connectivity index (χ0) is 57.0. The van der Waals surface area contributed by atoms with E-state index in [4.69, 9.17) is 20.7 Å². The van der Waals surface area contributed by atoms with Crippen LogP contribution in [0.5, 0.6) is 11.8 Å². The quantitative estimate of drug-likeness (QED) is 0.0826. The molecule has 0 radical (unpaired) electrons. The highest BCUT2D eigenvalue weighted by Crippen LogP contribution is 2.40. The van der Waals surface area contributed by atoms with E-state index in [2.05, 4.69) is 77.3 Å². The Morgan fingerprint density at radius 1 is 0.927 bits per heavy atom. The lowest BCUT2D eigenvalue weighted by atomic mass is 9.83. The second kappa shape index (κ2) is 25.1. The summed E-state index contributed by atoms with van der Waals surface area (Å²) in [6, 6.07) is 15.6. The predicted octanol–water partition coefficient (Wildman–Crippen LogP) is 10.4. The van der Waals surface area contributed by atoms with E-state index in [0.717, 1.165) is 98.6 Å². The van der Waals surface area contributed by atoms with Crippen LogP contribution >= 0.6 is 11.3 Å². The fraction of sp³-hybridized carbons (Fsp3) is 0.476. The molecule has 12 rings (SSSR count). The van der Waals surface area contributed by atoms with Gasteiger partial charge < -0.3 is 39.7 Å². The maximum absolute atomic E-state index is 17.1. The molecule has 3 N–H and O–H groups in total. The third-order valence-electron chi connectivity index (χ3n) is 17.1. The normalized spacial score (nSPS) is 20.0. The molecule has 0 aliphatic carbocycles. The number of benzene rings is 3. The van der Waals surface area contributed by atoms with E-state index in [1.54, 1.807) is 22.4 Å². The molecule has 82 heavy (non-hydrogen) atoms. The first kappa shape index (κ1) is 56.6. The first-order valence-electron chi connectivity index (χ1n) is 29.3. The highest BCUT2D eigenvalue weighted by molar-refractivity contribution is 7.13. The molecule has 7 aromatic rings.